The van der Waals surface area contributed by atoms with Crippen molar-refractivity contribution < 1.29 is 4.74 Å². The van der Waals surface area contributed by atoms with Crippen molar-refractivity contribution in [2.45, 2.75) is 64.4 Å². The van der Waals surface area contributed by atoms with Crippen LogP contribution < -0.4 is 4.74 Å². The molecule has 1 aliphatic carbocycles. The maximum absolute atomic E-state index is 6.07. The molecule has 1 nitrogen and oxygen atoms in total. The first-order chi connectivity index (χ1) is 8.25. The zero-order valence-corrected chi connectivity index (χ0v) is 11.1. The summed E-state index contributed by atoms with van der Waals surface area (Å²) in [6.07, 6.45) is 8.32. The van der Waals surface area contributed by atoms with Crippen molar-refractivity contribution in [1.82, 2.24) is 0 Å². The van der Waals surface area contributed by atoms with E-state index in [9.17, 15) is 0 Å². The third kappa shape index (κ3) is 3.76. The fourth-order valence-electron chi connectivity index (χ4n) is 2.48. The van der Waals surface area contributed by atoms with E-state index in [0.29, 0.717) is 12.0 Å². The van der Waals surface area contributed by atoms with Gasteiger partial charge in [-0.15, -0.1) is 0 Å². The largest absolute Gasteiger partial charge is 0.490 e. The molecular formula is C16H24O. The average Bonchev–Trinajstić information content (AvgIpc) is 2.58. The Labute approximate surface area is 105 Å². The second-order valence-electron chi connectivity index (χ2n) is 5.46. The van der Waals surface area contributed by atoms with Crippen LogP contribution in [-0.4, -0.2) is 6.10 Å². The van der Waals surface area contributed by atoms with E-state index >= 15 is 0 Å². The van der Waals surface area contributed by atoms with E-state index in [2.05, 4.69) is 38.1 Å². The standard InChI is InChI=1S/C16H24O/c1-13(2)14-9-11-16(12-10-14)17-15-7-5-3-4-6-8-15/h9-13,15H,3-8H2,1-2H3. The number of ether oxygens (including phenoxy) is 1. The van der Waals surface area contributed by atoms with Crippen LogP contribution in [0.4, 0.5) is 0 Å². The van der Waals surface area contributed by atoms with Crippen LogP contribution in [0, 0.1) is 0 Å². The molecule has 0 atom stereocenters. The van der Waals surface area contributed by atoms with Gasteiger partial charge in [0.1, 0.15) is 5.75 Å². The molecule has 1 fully saturated rings. The van der Waals surface area contributed by atoms with E-state index in [1.165, 1.54) is 44.1 Å². The van der Waals surface area contributed by atoms with Gasteiger partial charge in [-0.1, -0.05) is 38.8 Å². The summed E-state index contributed by atoms with van der Waals surface area (Å²) in [7, 11) is 0. The SMILES string of the molecule is CC(C)c1ccc(OC2CCCCCC2)cc1. The number of rotatable bonds is 3. The summed E-state index contributed by atoms with van der Waals surface area (Å²) < 4.78 is 6.07. The second kappa shape index (κ2) is 6.09. The van der Waals surface area contributed by atoms with Crippen LogP contribution in [0.3, 0.4) is 0 Å². The Morgan fingerprint density at radius 1 is 0.941 bits per heavy atom. The van der Waals surface area contributed by atoms with Gasteiger partial charge in [0, 0.05) is 0 Å². The van der Waals surface area contributed by atoms with Crippen molar-refractivity contribution in [2.24, 2.45) is 0 Å². The summed E-state index contributed by atoms with van der Waals surface area (Å²) in [6.45, 7) is 4.45. The average molecular weight is 232 g/mol. The highest BCUT2D eigenvalue weighted by atomic mass is 16.5. The van der Waals surface area contributed by atoms with E-state index in [0.717, 1.165) is 5.75 Å². The number of hydrogen-bond acceptors (Lipinski definition) is 1. The highest BCUT2D eigenvalue weighted by Gasteiger charge is 2.13. The van der Waals surface area contributed by atoms with Gasteiger partial charge in [0.05, 0.1) is 6.10 Å². The molecular weight excluding hydrogens is 208 g/mol. The lowest BCUT2D eigenvalue weighted by molar-refractivity contribution is 0.183. The van der Waals surface area contributed by atoms with Crippen molar-refractivity contribution in [2.75, 3.05) is 0 Å². The highest BCUT2D eigenvalue weighted by Crippen LogP contribution is 2.24. The lowest BCUT2D eigenvalue weighted by Gasteiger charge is -2.17. The Morgan fingerprint density at radius 3 is 2.06 bits per heavy atom. The summed E-state index contributed by atoms with van der Waals surface area (Å²) in [4.78, 5) is 0. The van der Waals surface area contributed by atoms with Crippen LogP contribution in [0.2, 0.25) is 0 Å². The van der Waals surface area contributed by atoms with E-state index in [4.69, 9.17) is 4.74 Å². The Balaban J connectivity index is 1.93. The maximum atomic E-state index is 6.07. The predicted molar refractivity (Wildman–Crippen MR) is 72.6 cm³/mol. The van der Waals surface area contributed by atoms with Gasteiger partial charge in [0.2, 0.25) is 0 Å². The maximum Gasteiger partial charge on any atom is 0.119 e. The molecule has 94 valence electrons. The first kappa shape index (κ1) is 12.5. The van der Waals surface area contributed by atoms with Crippen molar-refractivity contribution in [1.29, 1.82) is 0 Å². The predicted octanol–water partition coefficient (Wildman–Crippen LogP) is 4.91. The summed E-state index contributed by atoms with van der Waals surface area (Å²) in [5, 5.41) is 0. The molecule has 0 saturated heterocycles. The minimum atomic E-state index is 0.447. The number of hydrogen-bond donors (Lipinski definition) is 0. The first-order valence-electron chi connectivity index (χ1n) is 7.02. The fraction of sp³-hybridized carbons (Fsp3) is 0.625. The van der Waals surface area contributed by atoms with E-state index in [1.54, 1.807) is 0 Å². The molecule has 0 radical (unpaired) electrons. The Kier molecular flexibility index (Phi) is 4.47. The minimum absolute atomic E-state index is 0.447. The van der Waals surface area contributed by atoms with E-state index in [-0.39, 0.29) is 0 Å². The molecule has 0 aromatic heterocycles. The van der Waals surface area contributed by atoms with E-state index in [1.807, 2.05) is 0 Å². The van der Waals surface area contributed by atoms with Gasteiger partial charge in [-0.3, -0.25) is 0 Å². The van der Waals surface area contributed by atoms with Gasteiger partial charge >= 0.3 is 0 Å². The zero-order chi connectivity index (χ0) is 12.1. The molecule has 1 aliphatic rings. The van der Waals surface area contributed by atoms with Crippen molar-refractivity contribution in [3.63, 3.8) is 0 Å². The molecule has 1 saturated carbocycles. The van der Waals surface area contributed by atoms with Gasteiger partial charge in [-0.05, 0) is 49.3 Å². The molecule has 1 aromatic rings. The van der Waals surface area contributed by atoms with Crippen LogP contribution in [0.15, 0.2) is 24.3 Å². The summed E-state index contributed by atoms with van der Waals surface area (Å²) >= 11 is 0. The Bertz CT molecular complexity index is 318. The normalized spacial score (nSPS) is 18.1. The van der Waals surface area contributed by atoms with Crippen LogP contribution in [-0.2, 0) is 0 Å². The van der Waals surface area contributed by atoms with Gasteiger partial charge in [0.15, 0.2) is 0 Å². The first-order valence-corrected chi connectivity index (χ1v) is 7.02. The van der Waals surface area contributed by atoms with Gasteiger partial charge in [-0.25, -0.2) is 0 Å². The molecule has 17 heavy (non-hydrogen) atoms. The molecule has 0 bridgehead atoms. The molecule has 0 amide bonds. The molecule has 0 heterocycles. The second-order valence-corrected chi connectivity index (χ2v) is 5.46. The fourth-order valence-corrected chi connectivity index (χ4v) is 2.48. The number of benzene rings is 1. The van der Waals surface area contributed by atoms with E-state index < -0.39 is 0 Å². The minimum Gasteiger partial charge on any atom is -0.490 e. The zero-order valence-electron chi connectivity index (χ0n) is 11.1. The molecule has 1 heteroatoms. The van der Waals surface area contributed by atoms with Gasteiger partial charge in [-0.2, -0.15) is 0 Å². The van der Waals surface area contributed by atoms with Crippen molar-refractivity contribution in [3.05, 3.63) is 29.8 Å². The van der Waals surface area contributed by atoms with Crippen LogP contribution in [0.5, 0.6) is 5.75 Å². The molecule has 2 rings (SSSR count). The van der Waals surface area contributed by atoms with Crippen LogP contribution >= 0.6 is 0 Å². The monoisotopic (exact) mass is 232 g/mol. The highest BCUT2D eigenvalue weighted by molar-refractivity contribution is 5.29. The van der Waals surface area contributed by atoms with Crippen molar-refractivity contribution >= 4 is 0 Å². The molecule has 0 aliphatic heterocycles. The molecule has 0 unspecified atom stereocenters. The lowest BCUT2D eigenvalue weighted by atomic mass is 10.0. The Hall–Kier alpha value is -0.980. The topological polar surface area (TPSA) is 9.23 Å². The van der Waals surface area contributed by atoms with Gasteiger partial charge in [0.25, 0.3) is 0 Å². The molecule has 0 N–H and O–H groups in total. The third-order valence-electron chi connectivity index (χ3n) is 3.65. The molecule has 1 aromatic carbocycles. The van der Waals surface area contributed by atoms with Crippen LogP contribution in [0.1, 0.15) is 63.9 Å². The summed E-state index contributed by atoms with van der Waals surface area (Å²) in [6, 6.07) is 8.63. The molecule has 0 spiro atoms. The van der Waals surface area contributed by atoms with Gasteiger partial charge < -0.3 is 4.74 Å². The third-order valence-corrected chi connectivity index (χ3v) is 3.65. The smallest absolute Gasteiger partial charge is 0.119 e. The van der Waals surface area contributed by atoms with Crippen molar-refractivity contribution in [3.8, 4) is 5.75 Å². The van der Waals surface area contributed by atoms with Crippen LogP contribution in [0.25, 0.3) is 0 Å². The Morgan fingerprint density at radius 2 is 1.53 bits per heavy atom. The summed E-state index contributed by atoms with van der Waals surface area (Å²) in [5.41, 5.74) is 1.39. The summed E-state index contributed by atoms with van der Waals surface area (Å²) in [5.74, 6) is 1.64. The quantitative estimate of drug-likeness (QED) is 0.673. The lowest BCUT2D eigenvalue weighted by Crippen LogP contribution is -2.14.